The molecule has 1 saturated heterocycles. The maximum absolute atomic E-state index is 12.4. The lowest BCUT2D eigenvalue weighted by molar-refractivity contribution is -0.117. The van der Waals surface area contributed by atoms with Crippen molar-refractivity contribution >= 4 is 29.5 Å². The first kappa shape index (κ1) is 22.7. The molecule has 166 valence electrons. The standard InChI is InChI=1S/C23H27ClN2O5/c1-3-11-31-22-19(24)13-16(14-20(22)29-2)4-5-21(27)25-18-6-9-26(10-7-18)23(28)17-8-12-30-15-17/h4-5,8,12-15,18H,3,6-7,9-11H2,1-2H3,(H,25,27)/b5-4+. The minimum atomic E-state index is -0.194. The van der Waals surface area contributed by atoms with E-state index in [0.717, 1.165) is 12.0 Å². The Hall–Kier alpha value is -2.93. The van der Waals surface area contributed by atoms with E-state index in [0.29, 0.717) is 54.6 Å². The smallest absolute Gasteiger partial charge is 0.257 e. The van der Waals surface area contributed by atoms with E-state index in [1.807, 2.05) is 6.92 Å². The molecule has 1 N–H and O–H groups in total. The molecule has 0 atom stereocenters. The molecule has 1 aromatic carbocycles. The van der Waals surface area contributed by atoms with Crippen molar-refractivity contribution in [3.63, 3.8) is 0 Å². The molecule has 7 nitrogen and oxygen atoms in total. The number of likely N-dealkylation sites (tertiary alicyclic amines) is 1. The maximum atomic E-state index is 12.4. The van der Waals surface area contributed by atoms with Crippen molar-refractivity contribution in [2.24, 2.45) is 0 Å². The molecule has 1 aliphatic heterocycles. The molecule has 1 fully saturated rings. The third-order valence-electron chi connectivity index (χ3n) is 5.03. The molecular weight excluding hydrogens is 420 g/mol. The van der Waals surface area contributed by atoms with Gasteiger partial charge >= 0.3 is 0 Å². The molecule has 0 spiro atoms. The molecule has 0 unspecified atom stereocenters. The van der Waals surface area contributed by atoms with Gasteiger partial charge in [-0.1, -0.05) is 18.5 Å². The predicted molar refractivity (Wildman–Crippen MR) is 119 cm³/mol. The molecule has 1 aliphatic rings. The number of methoxy groups -OCH3 is 1. The van der Waals surface area contributed by atoms with Crippen LogP contribution in [0.15, 0.2) is 41.2 Å². The van der Waals surface area contributed by atoms with Crippen LogP contribution in [-0.4, -0.2) is 49.6 Å². The van der Waals surface area contributed by atoms with Gasteiger partial charge in [-0.15, -0.1) is 0 Å². The van der Waals surface area contributed by atoms with Gasteiger partial charge in [0, 0.05) is 25.2 Å². The number of halogens is 1. The summed E-state index contributed by atoms with van der Waals surface area (Å²) in [5.74, 6) is 0.789. The summed E-state index contributed by atoms with van der Waals surface area (Å²) in [5, 5.41) is 3.43. The SMILES string of the molecule is CCCOc1c(Cl)cc(/C=C/C(=O)NC2CCN(C(=O)c3ccoc3)CC2)cc1OC. The third-order valence-corrected chi connectivity index (χ3v) is 5.31. The molecule has 0 aliphatic carbocycles. The van der Waals surface area contributed by atoms with Gasteiger partial charge in [0.1, 0.15) is 6.26 Å². The topological polar surface area (TPSA) is 81.0 Å². The maximum Gasteiger partial charge on any atom is 0.257 e. The molecule has 0 radical (unpaired) electrons. The number of benzene rings is 1. The van der Waals surface area contributed by atoms with E-state index in [2.05, 4.69) is 5.32 Å². The second-order valence-corrected chi connectivity index (χ2v) is 7.71. The molecule has 0 bridgehead atoms. The summed E-state index contributed by atoms with van der Waals surface area (Å²) in [6, 6.07) is 5.19. The first-order valence-electron chi connectivity index (χ1n) is 10.3. The van der Waals surface area contributed by atoms with Gasteiger partial charge < -0.3 is 24.1 Å². The Labute approximate surface area is 186 Å². The quantitative estimate of drug-likeness (QED) is 0.615. The van der Waals surface area contributed by atoms with E-state index in [9.17, 15) is 9.59 Å². The average molecular weight is 447 g/mol. The number of nitrogens with zero attached hydrogens (tertiary/aromatic N) is 1. The Morgan fingerprint density at radius 2 is 2.10 bits per heavy atom. The molecule has 2 heterocycles. The highest BCUT2D eigenvalue weighted by Crippen LogP contribution is 2.36. The summed E-state index contributed by atoms with van der Waals surface area (Å²) < 4.78 is 16.0. The van der Waals surface area contributed by atoms with Crippen molar-refractivity contribution in [2.45, 2.75) is 32.2 Å². The van der Waals surface area contributed by atoms with E-state index in [1.54, 1.807) is 36.3 Å². The summed E-state index contributed by atoms with van der Waals surface area (Å²) in [6.07, 6.45) is 8.35. The minimum Gasteiger partial charge on any atom is -0.493 e. The van der Waals surface area contributed by atoms with Gasteiger partial charge in [-0.3, -0.25) is 9.59 Å². The monoisotopic (exact) mass is 446 g/mol. The summed E-state index contributed by atoms with van der Waals surface area (Å²) in [4.78, 5) is 26.5. The van der Waals surface area contributed by atoms with Crippen LogP contribution < -0.4 is 14.8 Å². The molecule has 31 heavy (non-hydrogen) atoms. The number of ether oxygens (including phenoxy) is 2. The first-order chi connectivity index (χ1) is 15.0. The lowest BCUT2D eigenvalue weighted by Gasteiger charge is -2.32. The van der Waals surface area contributed by atoms with E-state index in [-0.39, 0.29) is 17.9 Å². The van der Waals surface area contributed by atoms with Gasteiger partial charge in [0.25, 0.3) is 5.91 Å². The van der Waals surface area contributed by atoms with Crippen LogP contribution in [0.1, 0.15) is 42.1 Å². The van der Waals surface area contributed by atoms with Gasteiger partial charge in [0.05, 0.1) is 30.6 Å². The van der Waals surface area contributed by atoms with Gasteiger partial charge in [-0.05, 0) is 49.1 Å². The van der Waals surface area contributed by atoms with Gasteiger partial charge in [-0.25, -0.2) is 0 Å². The van der Waals surface area contributed by atoms with Crippen LogP contribution in [0.25, 0.3) is 6.08 Å². The number of hydrogen-bond donors (Lipinski definition) is 1. The van der Waals surface area contributed by atoms with E-state index in [4.69, 9.17) is 25.5 Å². The van der Waals surface area contributed by atoms with Crippen LogP contribution in [0.5, 0.6) is 11.5 Å². The number of carbonyl (C=O) groups is 2. The fourth-order valence-electron chi connectivity index (χ4n) is 3.40. The van der Waals surface area contributed by atoms with Gasteiger partial charge in [0.15, 0.2) is 11.5 Å². The minimum absolute atomic E-state index is 0.0218. The zero-order valence-electron chi connectivity index (χ0n) is 17.7. The highest BCUT2D eigenvalue weighted by atomic mass is 35.5. The Kier molecular flexibility index (Phi) is 8.00. The Balaban J connectivity index is 1.53. The first-order valence-corrected chi connectivity index (χ1v) is 10.7. The fraction of sp³-hybridized carbons (Fsp3) is 0.391. The third kappa shape index (κ3) is 6.04. The van der Waals surface area contributed by atoms with E-state index >= 15 is 0 Å². The molecular formula is C23H27ClN2O5. The van der Waals surface area contributed by atoms with Crippen LogP contribution in [0.2, 0.25) is 5.02 Å². The van der Waals surface area contributed by atoms with Crippen molar-refractivity contribution in [3.05, 3.63) is 53.0 Å². The second-order valence-electron chi connectivity index (χ2n) is 7.30. The Morgan fingerprint density at radius 3 is 2.74 bits per heavy atom. The van der Waals surface area contributed by atoms with Crippen LogP contribution in [0.4, 0.5) is 0 Å². The van der Waals surface area contributed by atoms with Crippen molar-refractivity contribution in [3.8, 4) is 11.5 Å². The van der Waals surface area contributed by atoms with Crippen LogP contribution in [-0.2, 0) is 4.79 Å². The normalized spacial score (nSPS) is 14.6. The van der Waals surface area contributed by atoms with E-state index in [1.165, 1.54) is 18.6 Å². The summed E-state index contributed by atoms with van der Waals surface area (Å²) in [5.41, 5.74) is 1.28. The van der Waals surface area contributed by atoms with Crippen molar-refractivity contribution in [1.82, 2.24) is 10.2 Å². The Bertz CT molecular complexity index is 918. The molecule has 1 aromatic heterocycles. The fourth-order valence-corrected chi connectivity index (χ4v) is 3.67. The van der Waals surface area contributed by atoms with Crippen LogP contribution in [0.3, 0.4) is 0 Å². The zero-order chi connectivity index (χ0) is 22.2. The number of furan rings is 1. The molecule has 8 heteroatoms. The molecule has 0 saturated carbocycles. The summed E-state index contributed by atoms with van der Waals surface area (Å²) in [7, 11) is 1.55. The van der Waals surface area contributed by atoms with Crippen molar-refractivity contribution in [1.29, 1.82) is 0 Å². The summed E-state index contributed by atoms with van der Waals surface area (Å²) in [6.45, 7) is 3.73. The van der Waals surface area contributed by atoms with Crippen molar-refractivity contribution < 1.29 is 23.5 Å². The van der Waals surface area contributed by atoms with Crippen LogP contribution >= 0.6 is 11.6 Å². The highest BCUT2D eigenvalue weighted by molar-refractivity contribution is 6.32. The Morgan fingerprint density at radius 1 is 1.32 bits per heavy atom. The largest absolute Gasteiger partial charge is 0.493 e. The molecule has 2 amide bonds. The lowest BCUT2D eigenvalue weighted by atomic mass is 10.0. The zero-order valence-corrected chi connectivity index (χ0v) is 18.5. The number of hydrogen-bond acceptors (Lipinski definition) is 5. The molecule has 2 aromatic rings. The van der Waals surface area contributed by atoms with Crippen LogP contribution in [0, 0.1) is 0 Å². The van der Waals surface area contributed by atoms with Gasteiger partial charge in [0.2, 0.25) is 5.91 Å². The number of amides is 2. The number of rotatable bonds is 8. The average Bonchev–Trinajstić information content (AvgIpc) is 3.31. The predicted octanol–water partition coefficient (Wildman–Crippen LogP) is 4.16. The van der Waals surface area contributed by atoms with Gasteiger partial charge in [-0.2, -0.15) is 0 Å². The number of carbonyl (C=O) groups excluding carboxylic acids is 2. The molecule has 3 rings (SSSR count). The summed E-state index contributed by atoms with van der Waals surface area (Å²) >= 11 is 6.32. The van der Waals surface area contributed by atoms with E-state index < -0.39 is 0 Å². The number of piperidine rings is 1. The second kappa shape index (κ2) is 10.9. The van der Waals surface area contributed by atoms with Crippen molar-refractivity contribution in [2.75, 3.05) is 26.8 Å². The highest BCUT2D eigenvalue weighted by Gasteiger charge is 2.24. The lowest BCUT2D eigenvalue weighted by Crippen LogP contribution is -2.46. The number of nitrogens with one attached hydrogen (secondary N) is 1.